The van der Waals surface area contributed by atoms with Crippen molar-refractivity contribution in [1.82, 2.24) is 9.80 Å². The molecule has 0 N–H and O–H groups in total. The summed E-state index contributed by atoms with van der Waals surface area (Å²) in [7, 11) is 4.29. The van der Waals surface area contributed by atoms with E-state index in [1.807, 2.05) is 0 Å². The zero-order valence-electron chi connectivity index (χ0n) is 9.91. The molecule has 3 heteroatoms. The van der Waals surface area contributed by atoms with E-state index in [0.29, 0.717) is 11.8 Å². The standard InChI is InChI=1S/C12H22N2O/c1-13-5-6-14(2)11(9-13)8-12(15)7-10-3-4-10/h10-11H,3-9H2,1-2H3. The highest BCUT2D eigenvalue weighted by Crippen LogP contribution is 2.33. The molecule has 0 aromatic carbocycles. The molecule has 0 aromatic heterocycles. The third kappa shape index (κ3) is 3.28. The van der Waals surface area contributed by atoms with Crippen LogP contribution in [0.4, 0.5) is 0 Å². The Kier molecular flexibility index (Phi) is 3.42. The van der Waals surface area contributed by atoms with Gasteiger partial charge in [0.15, 0.2) is 0 Å². The number of likely N-dealkylation sites (N-methyl/N-ethyl adjacent to an activating group) is 2. The number of hydrogen-bond acceptors (Lipinski definition) is 3. The van der Waals surface area contributed by atoms with E-state index in [2.05, 4.69) is 23.9 Å². The molecule has 1 saturated heterocycles. The lowest BCUT2D eigenvalue weighted by Gasteiger charge is -2.37. The van der Waals surface area contributed by atoms with E-state index in [9.17, 15) is 4.79 Å². The van der Waals surface area contributed by atoms with Gasteiger partial charge in [-0.1, -0.05) is 0 Å². The van der Waals surface area contributed by atoms with Crippen LogP contribution in [0.2, 0.25) is 0 Å². The number of Topliss-reactive ketones (excluding diaryl/α,β-unsaturated/α-hetero) is 1. The number of rotatable bonds is 4. The van der Waals surface area contributed by atoms with Crippen molar-refractivity contribution in [2.75, 3.05) is 33.7 Å². The van der Waals surface area contributed by atoms with Crippen molar-refractivity contribution in [3.05, 3.63) is 0 Å². The zero-order chi connectivity index (χ0) is 10.8. The minimum absolute atomic E-state index is 0.454. The quantitative estimate of drug-likeness (QED) is 0.691. The van der Waals surface area contributed by atoms with Crippen LogP contribution < -0.4 is 0 Å². The second kappa shape index (κ2) is 4.62. The summed E-state index contributed by atoms with van der Waals surface area (Å²) in [6.45, 7) is 3.27. The number of ketones is 1. The summed E-state index contributed by atoms with van der Waals surface area (Å²) < 4.78 is 0. The van der Waals surface area contributed by atoms with Gasteiger partial charge in [0.05, 0.1) is 0 Å². The Morgan fingerprint density at radius 2 is 1.93 bits per heavy atom. The van der Waals surface area contributed by atoms with E-state index in [1.165, 1.54) is 12.8 Å². The van der Waals surface area contributed by atoms with E-state index in [1.54, 1.807) is 0 Å². The summed E-state index contributed by atoms with van der Waals surface area (Å²) in [5.41, 5.74) is 0. The zero-order valence-corrected chi connectivity index (χ0v) is 9.91. The molecule has 0 radical (unpaired) electrons. The molecule has 0 bridgehead atoms. The first kappa shape index (κ1) is 11.1. The topological polar surface area (TPSA) is 23.6 Å². The Morgan fingerprint density at radius 3 is 2.60 bits per heavy atom. The van der Waals surface area contributed by atoms with Gasteiger partial charge in [0.2, 0.25) is 0 Å². The molecule has 0 amide bonds. The molecule has 1 atom stereocenters. The smallest absolute Gasteiger partial charge is 0.134 e. The molecule has 1 aliphatic heterocycles. The Labute approximate surface area is 92.4 Å². The summed E-state index contributed by atoms with van der Waals surface area (Å²) in [5.74, 6) is 1.22. The predicted molar refractivity (Wildman–Crippen MR) is 60.9 cm³/mol. The molecular weight excluding hydrogens is 188 g/mol. The molecule has 15 heavy (non-hydrogen) atoms. The van der Waals surface area contributed by atoms with Crippen LogP contribution in [-0.4, -0.2) is 55.4 Å². The molecule has 0 aromatic rings. The highest BCUT2D eigenvalue weighted by atomic mass is 16.1. The van der Waals surface area contributed by atoms with Crippen molar-refractivity contribution < 1.29 is 4.79 Å². The minimum atomic E-state index is 0.454. The average Bonchev–Trinajstić information content (AvgIpc) is 2.95. The van der Waals surface area contributed by atoms with Gasteiger partial charge in [0, 0.05) is 38.5 Å². The van der Waals surface area contributed by atoms with E-state index >= 15 is 0 Å². The SMILES string of the molecule is CN1CCN(C)C(CC(=O)CC2CC2)C1. The summed E-state index contributed by atoms with van der Waals surface area (Å²) in [6.07, 6.45) is 4.17. The van der Waals surface area contributed by atoms with Gasteiger partial charge in [-0.05, 0) is 32.9 Å². The van der Waals surface area contributed by atoms with Gasteiger partial charge < -0.3 is 9.80 Å². The first-order valence-electron chi connectivity index (χ1n) is 6.05. The van der Waals surface area contributed by atoms with Crippen molar-refractivity contribution >= 4 is 5.78 Å². The normalized spacial score (nSPS) is 29.3. The van der Waals surface area contributed by atoms with Gasteiger partial charge in [-0.2, -0.15) is 0 Å². The lowest BCUT2D eigenvalue weighted by atomic mass is 10.0. The van der Waals surface area contributed by atoms with Gasteiger partial charge in [-0.15, -0.1) is 0 Å². The molecule has 1 aliphatic carbocycles. The van der Waals surface area contributed by atoms with Crippen LogP contribution in [0.15, 0.2) is 0 Å². The van der Waals surface area contributed by atoms with Crippen molar-refractivity contribution in [3.8, 4) is 0 Å². The molecule has 1 heterocycles. The lowest BCUT2D eigenvalue weighted by Crippen LogP contribution is -2.50. The molecule has 3 nitrogen and oxygen atoms in total. The highest BCUT2D eigenvalue weighted by Gasteiger charge is 2.28. The van der Waals surface area contributed by atoms with E-state index in [4.69, 9.17) is 0 Å². The van der Waals surface area contributed by atoms with Crippen LogP contribution in [0.5, 0.6) is 0 Å². The monoisotopic (exact) mass is 210 g/mol. The summed E-state index contributed by atoms with van der Waals surface area (Å²) >= 11 is 0. The third-order valence-electron chi connectivity index (χ3n) is 3.66. The number of nitrogens with zero attached hydrogens (tertiary/aromatic N) is 2. The number of piperazine rings is 1. The van der Waals surface area contributed by atoms with E-state index in [-0.39, 0.29) is 0 Å². The van der Waals surface area contributed by atoms with Crippen LogP contribution in [0, 0.1) is 5.92 Å². The summed E-state index contributed by atoms with van der Waals surface area (Å²) in [6, 6.07) is 0.454. The molecule has 1 unspecified atom stereocenters. The molecule has 2 rings (SSSR count). The fraction of sp³-hybridized carbons (Fsp3) is 0.917. The van der Waals surface area contributed by atoms with Gasteiger partial charge >= 0.3 is 0 Å². The first-order valence-corrected chi connectivity index (χ1v) is 6.05. The van der Waals surface area contributed by atoms with Gasteiger partial charge in [-0.3, -0.25) is 4.79 Å². The number of carbonyl (C=O) groups is 1. The second-order valence-corrected chi connectivity index (χ2v) is 5.29. The minimum Gasteiger partial charge on any atom is -0.304 e. The Morgan fingerprint density at radius 1 is 1.20 bits per heavy atom. The second-order valence-electron chi connectivity index (χ2n) is 5.29. The highest BCUT2D eigenvalue weighted by molar-refractivity contribution is 5.79. The average molecular weight is 210 g/mol. The fourth-order valence-corrected chi connectivity index (χ4v) is 2.31. The Hall–Kier alpha value is -0.410. The van der Waals surface area contributed by atoms with Gasteiger partial charge in [-0.25, -0.2) is 0 Å². The maximum Gasteiger partial charge on any atom is 0.134 e. The van der Waals surface area contributed by atoms with E-state index in [0.717, 1.165) is 38.4 Å². The van der Waals surface area contributed by atoms with Crippen molar-refractivity contribution in [2.24, 2.45) is 5.92 Å². The molecule has 2 fully saturated rings. The maximum atomic E-state index is 11.8. The maximum absolute atomic E-state index is 11.8. The van der Waals surface area contributed by atoms with E-state index < -0.39 is 0 Å². The largest absolute Gasteiger partial charge is 0.304 e. The van der Waals surface area contributed by atoms with Crippen molar-refractivity contribution in [1.29, 1.82) is 0 Å². The van der Waals surface area contributed by atoms with Crippen molar-refractivity contribution in [2.45, 2.75) is 31.7 Å². The fourth-order valence-electron chi connectivity index (χ4n) is 2.31. The molecule has 86 valence electrons. The van der Waals surface area contributed by atoms with Gasteiger partial charge in [0.25, 0.3) is 0 Å². The number of carbonyl (C=O) groups excluding carboxylic acids is 1. The van der Waals surface area contributed by atoms with Gasteiger partial charge in [0.1, 0.15) is 5.78 Å². The van der Waals surface area contributed by atoms with Crippen molar-refractivity contribution in [3.63, 3.8) is 0 Å². The van der Waals surface area contributed by atoms with Crippen LogP contribution in [0.3, 0.4) is 0 Å². The molecule has 2 aliphatic rings. The third-order valence-corrected chi connectivity index (χ3v) is 3.66. The number of hydrogen-bond donors (Lipinski definition) is 0. The summed E-state index contributed by atoms with van der Waals surface area (Å²) in [4.78, 5) is 16.4. The van der Waals surface area contributed by atoms with Crippen LogP contribution in [0.25, 0.3) is 0 Å². The van der Waals surface area contributed by atoms with Crippen LogP contribution in [0.1, 0.15) is 25.7 Å². The molecule has 0 spiro atoms. The van der Waals surface area contributed by atoms with Crippen LogP contribution >= 0.6 is 0 Å². The summed E-state index contributed by atoms with van der Waals surface area (Å²) in [5, 5.41) is 0. The molecular formula is C12H22N2O. The Bertz CT molecular complexity index is 238. The Balaban J connectivity index is 1.77. The molecule has 1 saturated carbocycles. The predicted octanol–water partition coefficient (Wildman–Crippen LogP) is 0.991. The lowest BCUT2D eigenvalue weighted by molar-refractivity contribution is -0.121. The first-order chi connectivity index (χ1) is 7.15. The van der Waals surface area contributed by atoms with Crippen LogP contribution in [-0.2, 0) is 4.79 Å².